The van der Waals surface area contributed by atoms with Crippen molar-refractivity contribution in [1.29, 1.82) is 0 Å². The number of pyridine rings is 1. The van der Waals surface area contributed by atoms with E-state index in [4.69, 9.17) is 9.47 Å². The van der Waals surface area contributed by atoms with E-state index in [1.807, 2.05) is 0 Å². The Balaban J connectivity index is 1.85. The lowest BCUT2D eigenvalue weighted by atomic mass is 10.00. The topological polar surface area (TPSA) is 51.6 Å². The molecule has 1 heterocycles. The van der Waals surface area contributed by atoms with Gasteiger partial charge in [-0.05, 0) is 48.4 Å². The number of ether oxygens (including phenoxy) is 2. The molecule has 3 aromatic rings. The molecule has 1 N–H and O–H groups in total. The third-order valence-corrected chi connectivity index (χ3v) is 4.18. The first-order valence-corrected chi connectivity index (χ1v) is 8.34. The van der Waals surface area contributed by atoms with E-state index in [1.54, 1.807) is 44.4 Å². The molecule has 2 aromatic carbocycles. The van der Waals surface area contributed by atoms with Crippen LogP contribution in [0.15, 0.2) is 48.7 Å². The van der Waals surface area contributed by atoms with Gasteiger partial charge < -0.3 is 14.6 Å². The van der Waals surface area contributed by atoms with Crippen molar-refractivity contribution >= 4 is 0 Å². The molecule has 4 nitrogen and oxygen atoms in total. The summed E-state index contributed by atoms with van der Waals surface area (Å²) in [6.45, 7) is 1.51. The van der Waals surface area contributed by atoms with Crippen molar-refractivity contribution in [3.63, 3.8) is 0 Å². The van der Waals surface area contributed by atoms with E-state index in [9.17, 15) is 13.9 Å². The van der Waals surface area contributed by atoms with E-state index in [2.05, 4.69) is 4.98 Å². The average Bonchev–Trinajstić information content (AvgIpc) is 2.69. The lowest BCUT2D eigenvalue weighted by molar-refractivity contribution is 0.281. The Morgan fingerprint density at radius 2 is 1.74 bits per heavy atom. The van der Waals surface area contributed by atoms with Gasteiger partial charge in [0.15, 0.2) is 11.6 Å². The molecule has 0 amide bonds. The van der Waals surface area contributed by atoms with Gasteiger partial charge in [-0.1, -0.05) is 12.1 Å². The van der Waals surface area contributed by atoms with E-state index in [0.29, 0.717) is 22.6 Å². The summed E-state index contributed by atoms with van der Waals surface area (Å²) in [5, 5.41) is 9.44. The molecule has 0 saturated heterocycles. The average molecular weight is 371 g/mol. The zero-order valence-corrected chi connectivity index (χ0v) is 15.0. The smallest absolute Gasteiger partial charge is 0.201 e. The number of aliphatic hydroxyl groups is 1. The quantitative estimate of drug-likeness (QED) is 0.697. The Hall–Kier alpha value is -2.99. The van der Waals surface area contributed by atoms with Gasteiger partial charge >= 0.3 is 0 Å². The molecule has 140 valence electrons. The Morgan fingerprint density at radius 3 is 2.41 bits per heavy atom. The van der Waals surface area contributed by atoms with Gasteiger partial charge in [-0.2, -0.15) is 4.39 Å². The summed E-state index contributed by atoms with van der Waals surface area (Å²) in [6.07, 6.45) is 1.45. The lowest BCUT2D eigenvalue weighted by Gasteiger charge is -2.13. The molecule has 27 heavy (non-hydrogen) atoms. The summed E-state index contributed by atoms with van der Waals surface area (Å²) in [7, 11) is 1.57. The number of hydrogen-bond donors (Lipinski definition) is 1. The molecule has 0 aliphatic carbocycles. The molecule has 0 fully saturated rings. The number of hydrogen-bond acceptors (Lipinski definition) is 4. The number of aliphatic hydroxyl groups excluding tert-OH is 1. The Bertz CT molecular complexity index is 943. The molecule has 0 aliphatic rings. The minimum absolute atomic E-state index is 0.0545. The monoisotopic (exact) mass is 371 g/mol. The maximum absolute atomic E-state index is 14.6. The molecule has 0 atom stereocenters. The van der Waals surface area contributed by atoms with Crippen LogP contribution < -0.4 is 9.47 Å². The second-order valence-corrected chi connectivity index (χ2v) is 6.02. The van der Waals surface area contributed by atoms with Crippen LogP contribution in [-0.2, 0) is 13.2 Å². The number of nitrogens with zero attached hydrogens (tertiary/aromatic N) is 1. The van der Waals surface area contributed by atoms with Gasteiger partial charge in [-0.3, -0.25) is 4.98 Å². The van der Waals surface area contributed by atoms with Gasteiger partial charge in [0.1, 0.15) is 12.4 Å². The summed E-state index contributed by atoms with van der Waals surface area (Å²) in [5.74, 6) is -1.57. The third kappa shape index (κ3) is 4.06. The van der Waals surface area contributed by atoms with Crippen molar-refractivity contribution in [2.24, 2.45) is 0 Å². The minimum Gasteiger partial charge on any atom is -0.497 e. The van der Waals surface area contributed by atoms with Gasteiger partial charge in [0.05, 0.1) is 13.7 Å². The summed E-state index contributed by atoms with van der Waals surface area (Å²) in [5.41, 5.74) is 2.32. The zero-order valence-electron chi connectivity index (χ0n) is 15.0. The second kappa shape index (κ2) is 8.14. The molecular formula is C21H19F2NO3. The van der Waals surface area contributed by atoms with Crippen LogP contribution in [0.3, 0.4) is 0 Å². The third-order valence-electron chi connectivity index (χ3n) is 4.18. The number of benzene rings is 2. The fourth-order valence-corrected chi connectivity index (χ4v) is 2.70. The zero-order chi connectivity index (χ0) is 19.4. The molecule has 6 heteroatoms. The normalized spacial score (nSPS) is 10.7. The number of aromatic nitrogens is 1. The fraction of sp³-hybridized carbons (Fsp3) is 0.190. The Labute approximate surface area is 156 Å². The SMILES string of the molecule is COc1ccc(COc2ccc(-c3cc(C)ncc3CO)c(F)c2F)cc1. The number of aryl methyl sites for hydroxylation is 1. The summed E-state index contributed by atoms with van der Waals surface area (Å²) >= 11 is 0. The number of methoxy groups -OCH3 is 1. The van der Waals surface area contributed by atoms with E-state index in [-0.39, 0.29) is 24.5 Å². The van der Waals surface area contributed by atoms with Crippen LogP contribution in [0, 0.1) is 18.6 Å². The van der Waals surface area contributed by atoms with Crippen LogP contribution >= 0.6 is 0 Å². The molecule has 0 saturated carbocycles. The molecule has 1 aromatic heterocycles. The van der Waals surface area contributed by atoms with Gasteiger partial charge in [0.25, 0.3) is 0 Å². The maximum atomic E-state index is 14.6. The van der Waals surface area contributed by atoms with E-state index in [0.717, 1.165) is 5.56 Å². The van der Waals surface area contributed by atoms with Crippen molar-refractivity contribution in [3.8, 4) is 22.6 Å². The highest BCUT2D eigenvalue weighted by atomic mass is 19.2. The first kappa shape index (κ1) is 18.8. The van der Waals surface area contributed by atoms with Crippen molar-refractivity contribution < 1.29 is 23.4 Å². The van der Waals surface area contributed by atoms with Crippen LogP contribution in [-0.4, -0.2) is 17.2 Å². The highest BCUT2D eigenvalue weighted by Crippen LogP contribution is 2.32. The van der Waals surface area contributed by atoms with E-state index in [1.165, 1.54) is 18.3 Å². The van der Waals surface area contributed by atoms with Crippen LogP contribution in [0.1, 0.15) is 16.8 Å². The standard InChI is InChI=1S/C21H19F2NO3/c1-13-9-18(15(11-25)10-24-13)17-7-8-19(21(23)20(17)22)27-12-14-3-5-16(26-2)6-4-14/h3-10,25H,11-12H2,1-2H3. The highest BCUT2D eigenvalue weighted by Gasteiger charge is 2.18. The highest BCUT2D eigenvalue weighted by molar-refractivity contribution is 5.69. The molecule has 0 spiro atoms. The number of rotatable bonds is 6. The molecule has 0 aliphatic heterocycles. The lowest BCUT2D eigenvalue weighted by Crippen LogP contribution is -2.02. The van der Waals surface area contributed by atoms with Gasteiger partial charge in [-0.25, -0.2) is 4.39 Å². The van der Waals surface area contributed by atoms with Crippen molar-refractivity contribution in [2.45, 2.75) is 20.1 Å². The van der Waals surface area contributed by atoms with Gasteiger partial charge in [0, 0.05) is 23.0 Å². The fourth-order valence-electron chi connectivity index (χ4n) is 2.70. The van der Waals surface area contributed by atoms with Crippen LogP contribution in [0.4, 0.5) is 8.78 Å². The molecule has 0 radical (unpaired) electrons. The van der Waals surface area contributed by atoms with E-state index >= 15 is 0 Å². The largest absolute Gasteiger partial charge is 0.497 e. The maximum Gasteiger partial charge on any atom is 0.201 e. The molecule has 3 rings (SSSR count). The second-order valence-electron chi connectivity index (χ2n) is 6.02. The van der Waals surface area contributed by atoms with Crippen molar-refractivity contribution in [1.82, 2.24) is 4.98 Å². The minimum atomic E-state index is -1.07. The van der Waals surface area contributed by atoms with Crippen LogP contribution in [0.25, 0.3) is 11.1 Å². The van der Waals surface area contributed by atoms with Crippen LogP contribution in [0.2, 0.25) is 0 Å². The molecule has 0 bridgehead atoms. The van der Waals surface area contributed by atoms with Gasteiger partial charge in [-0.15, -0.1) is 0 Å². The Kier molecular flexibility index (Phi) is 5.66. The first-order valence-electron chi connectivity index (χ1n) is 8.34. The molecular weight excluding hydrogens is 352 g/mol. The van der Waals surface area contributed by atoms with Crippen molar-refractivity contribution in [2.75, 3.05) is 7.11 Å². The van der Waals surface area contributed by atoms with E-state index < -0.39 is 11.6 Å². The van der Waals surface area contributed by atoms with Gasteiger partial charge in [0.2, 0.25) is 5.82 Å². The summed E-state index contributed by atoms with van der Waals surface area (Å²) in [4.78, 5) is 4.07. The molecule has 0 unspecified atom stereocenters. The van der Waals surface area contributed by atoms with Crippen LogP contribution in [0.5, 0.6) is 11.5 Å². The predicted octanol–water partition coefficient (Wildman–Crippen LogP) is 4.42. The first-order chi connectivity index (χ1) is 13.0. The predicted molar refractivity (Wildman–Crippen MR) is 97.6 cm³/mol. The number of halogens is 2. The summed E-state index contributed by atoms with van der Waals surface area (Å²) in [6, 6.07) is 11.5. The Morgan fingerprint density at radius 1 is 1.00 bits per heavy atom. The summed E-state index contributed by atoms with van der Waals surface area (Å²) < 4.78 is 39.7. The van der Waals surface area contributed by atoms with Crippen molar-refractivity contribution in [3.05, 3.63) is 77.1 Å².